The van der Waals surface area contributed by atoms with Gasteiger partial charge < -0.3 is 5.73 Å². The Hall–Kier alpha value is -3.74. The predicted octanol–water partition coefficient (Wildman–Crippen LogP) is 5.78. The number of alkyl halides is 3. The lowest BCUT2D eigenvalue weighted by Crippen LogP contribution is -2.04. The summed E-state index contributed by atoms with van der Waals surface area (Å²) in [5, 5.41) is 0. The molecule has 0 saturated carbocycles. The summed E-state index contributed by atoms with van der Waals surface area (Å²) in [4.78, 5) is 13.0. The van der Waals surface area contributed by atoms with Gasteiger partial charge in [-0.25, -0.2) is 4.98 Å². The van der Waals surface area contributed by atoms with Crippen LogP contribution in [0.1, 0.15) is 11.3 Å². The average molecular weight is 406 g/mol. The van der Waals surface area contributed by atoms with Crippen LogP contribution in [0.2, 0.25) is 0 Å². The molecule has 4 rings (SSSR count). The number of hydrogen-bond acceptors (Lipinski definition) is 4. The van der Waals surface area contributed by atoms with Crippen LogP contribution >= 0.6 is 0 Å². The number of nitrogens with two attached hydrogens (primary N) is 1. The Morgan fingerprint density at radius 1 is 0.733 bits per heavy atom. The Balaban J connectivity index is 1.72. The zero-order valence-electron chi connectivity index (χ0n) is 16.0. The van der Waals surface area contributed by atoms with Crippen LogP contribution < -0.4 is 5.73 Å². The molecule has 30 heavy (non-hydrogen) atoms. The zero-order chi connectivity index (χ0) is 21.3. The fourth-order valence-corrected chi connectivity index (χ4v) is 3.15. The van der Waals surface area contributed by atoms with Gasteiger partial charge in [-0.2, -0.15) is 13.2 Å². The molecule has 4 nitrogen and oxygen atoms in total. The van der Waals surface area contributed by atoms with Crippen LogP contribution in [-0.4, -0.2) is 15.0 Å². The number of aryl methyl sites for hydroxylation is 1. The maximum absolute atomic E-state index is 12.8. The molecule has 7 heteroatoms. The first kappa shape index (κ1) is 19.6. The van der Waals surface area contributed by atoms with Crippen molar-refractivity contribution in [1.82, 2.24) is 15.0 Å². The number of hydrogen-bond donors (Lipinski definition) is 1. The van der Waals surface area contributed by atoms with Gasteiger partial charge in [0, 0.05) is 41.0 Å². The molecule has 3 aromatic heterocycles. The Labute approximate surface area is 171 Å². The van der Waals surface area contributed by atoms with E-state index < -0.39 is 11.7 Å². The van der Waals surface area contributed by atoms with Gasteiger partial charge in [-0.15, -0.1) is 0 Å². The highest BCUT2D eigenvalue weighted by molar-refractivity contribution is 5.74. The minimum Gasteiger partial charge on any atom is -0.384 e. The number of benzene rings is 1. The van der Waals surface area contributed by atoms with Gasteiger partial charge in [-0.05, 0) is 60.5 Å². The molecule has 0 bridgehead atoms. The van der Waals surface area contributed by atoms with Crippen molar-refractivity contribution < 1.29 is 13.2 Å². The van der Waals surface area contributed by atoms with E-state index in [0.717, 1.165) is 40.1 Å². The Morgan fingerprint density at radius 2 is 1.43 bits per heavy atom. The van der Waals surface area contributed by atoms with Crippen molar-refractivity contribution >= 4 is 5.82 Å². The van der Waals surface area contributed by atoms with E-state index in [1.165, 1.54) is 12.1 Å². The molecule has 0 saturated heterocycles. The third-order valence-corrected chi connectivity index (χ3v) is 4.65. The number of rotatable bonds is 3. The number of nitrogens with zero attached hydrogens (tertiary/aromatic N) is 3. The van der Waals surface area contributed by atoms with Crippen molar-refractivity contribution in [3.8, 4) is 33.5 Å². The molecule has 0 atom stereocenters. The molecule has 0 aliphatic rings. The number of aromatic nitrogens is 3. The van der Waals surface area contributed by atoms with Crippen LogP contribution in [0, 0.1) is 6.92 Å². The Bertz CT molecular complexity index is 1180. The second-order valence-corrected chi connectivity index (χ2v) is 6.89. The van der Waals surface area contributed by atoms with Gasteiger partial charge in [0.15, 0.2) is 0 Å². The summed E-state index contributed by atoms with van der Waals surface area (Å²) in [6.07, 6.45) is 0.740. The third-order valence-electron chi connectivity index (χ3n) is 4.65. The predicted molar refractivity (Wildman–Crippen MR) is 110 cm³/mol. The summed E-state index contributed by atoms with van der Waals surface area (Å²) in [5.41, 5.74) is 10.4. The second kappa shape index (κ2) is 7.59. The largest absolute Gasteiger partial charge is 0.416 e. The van der Waals surface area contributed by atoms with Gasteiger partial charge in [0.2, 0.25) is 0 Å². The highest BCUT2D eigenvalue weighted by Crippen LogP contribution is 2.32. The minimum atomic E-state index is -4.36. The Kier molecular flexibility index (Phi) is 4.95. The van der Waals surface area contributed by atoms with E-state index in [9.17, 15) is 13.2 Å². The molecule has 4 aromatic rings. The maximum atomic E-state index is 12.8. The highest BCUT2D eigenvalue weighted by atomic mass is 19.4. The molecule has 1 aromatic carbocycles. The summed E-state index contributed by atoms with van der Waals surface area (Å²) in [6.45, 7) is 1.85. The number of nitrogen functional groups attached to an aromatic ring is 1. The number of halogens is 3. The van der Waals surface area contributed by atoms with E-state index in [1.54, 1.807) is 24.7 Å². The van der Waals surface area contributed by atoms with Gasteiger partial charge in [0.25, 0.3) is 0 Å². The van der Waals surface area contributed by atoms with Crippen LogP contribution in [0.15, 0.2) is 73.2 Å². The lowest BCUT2D eigenvalue weighted by atomic mass is 10.0. The second-order valence-electron chi connectivity index (χ2n) is 6.89. The van der Waals surface area contributed by atoms with Gasteiger partial charge in [0.1, 0.15) is 5.82 Å². The topological polar surface area (TPSA) is 64.7 Å². The van der Waals surface area contributed by atoms with Gasteiger partial charge >= 0.3 is 6.18 Å². The van der Waals surface area contributed by atoms with E-state index in [4.69, 9.17) is 5.73 Å². The lowest BCUT2D eigenvalue weighted by molar-refractivity contribution is -0.137. The average Bonchev–Trinajstić information content (AvgIpc) is 2.73. The summed E-state index contributed by atoms with van der Waals surface area (Å²) in [5.74, 6) is 0.435. The zero-order valence-corrected chi connectivity index (χ0v) is 16.0. The van der Waals surface area contributed by atoms with Crippen LogP contribution in [-0.2, 0) is 6.18 Å². The molecule has 0 aliphatic carbocycles. The minimum absolute atomic E-state index is 0.435. The first-order chi connectivity index (χ1) is 14.3. The standard InChI is InChI=1S/C23H17F3N4/c1-14-8-17(15-2-5-20(6-3-15)23(24,25)26)10-21(30-14)19-9-18(11-28-12-19)16-4-7-22(27)29-13-16/h2-13H,1H3,(H2,27,29). The summed E-state index contributed by atoms with van der Waals surface area (Å²) in [7, 11) is 0. The van der Waals surface area contributed by atoms with Crippen LogP contribution in [0.3, 0.4) is 0 Å². The van der Waals surface area contributed by atoms with Crippen molar-refractivity contribution in [2.75, 3.05) is 5.73 Å². The number of anilines is 1. The summed E-state index contributed by atoms with van der Waals surface area (Å²) >= 11 is 0. The maximum Gasteiger partial charge on any atom is 0.416 e. The van der Waals surface area contributed by atoms with E-state index in [0.29, 0.717) is 17.1 Å². The normalized spacial score (nSPS) is 11.5. The molecule has 0 fully saturated rings. The van der Waals surface area contributed by atoms with Gasteiger partial charge in [-0.3, -0.25) is 9.97 Å². The molecule has 0 amide bonds. The van der Waals surface area contributed by atoms with Crippen molar-refractivity contribution in [2.45, 2.75) is 13.1 Å². The van der Waals surface area contributed by atoms with Crippen LogP contribution in [0.5, 0.6) is 0 Å². The smallest absolute Gasteiger partial charge is 0.384 e. The van der Waals surface area contributed by atoms with Gasteiger partial charge in [0.05, 0.1) is 11.3 Å². The van der Waals surface area contributed by atoms with E-state index in [-0.39, 0.29) is 0 Å². The first-order valence-electron chi connectivity index (χ1n) is 9.13. The molecule has 0 radical (unpaired) electrons. The van der Waals surface area contributed by atoms with E-state index in [2.05, 4.69) is 15.0 Å². The fraction of sp³-hybridized carbons (Fsp3) is 0.0870. The van der Waals surface area contributed by atoms with Crippen molar-refractivity contribution in [2.24, 2.45) is 0 Å². The van der Waals surface area contributed by atoms with Crippen molar-refractivity contribution in [3.63, 3.8) is 0 Å². The van der Waals surface area contributed by atoms with Crippen molar-refractivity contribution in [1.29, 1.82) is 0 Å². The third kappa shape index (κ3) is 4.15. The molecular formula is C23H17F3N4. The SMILES string of the molecule is Cc1cc(-c2ccc(C(F)(F)F)cc2)cc(-c2cncc(-c3ccc(N)nc3)c2)n1. The molecule has 0 unspecified atom stereocenters. The molecule has 2 N–H and O–H groups in total. The first-order valence-corrected chi connectivity index (χ1v) is 9.13. The molecular weight excluding hydrogens is 389 g/mol. The molecule has 0 aliphatic heterocycles. The van der Waals surface area contributed by atoms with Crippen LogP contribution in [0.4, 0.5) is 19.0 Å². The van der Waals surface area contributed by atoms with Crippen molar-refractivity contribution in [3.05, 3.63) is 84.4 Å². The highest BCUT2D eigenvalue weighted by Gasteiger charge is 2.30. The van der Waals surface area contributed by atoms with E-state index in [1.807, 2.05) is 31.2 Å². The monoisotopic (exact) mass is 406 g/mol. The summed E-state index contributed by atoms with van der Waals surface area (Å²) < 4.78 is 38.5. The molecule has 150 valence electrons. The lowest BCUT2D eigenvalue weighted by Gasteiger charge is -2.10. The summed E-state index contributed by atoms with van der Waals surface area (Å²) in [6, 6.07) is 14.3. The fourth-order valence-electron chi connectivity index (χ4n) is 3.15. The van der Waals surface area contributed by atoms with E-state index >= 15 is 0 Å². The van der Waals surface area contributed by atoms with Crippen LogP contribution in [0.25, 0.3) is 33.5 Å². The quantitative estimate of drug-likeness (QED) is 0.468. The molecule has 0 spiro atoms. The number of pyridine rings is 3. The molecule has 3 heterocycles. The Morgan fingerprint density at radius 3 is 2.10 bits per heavy atom. The van der Waals surface area contributed by atoms with Gasteiger partial charge in [-0.1, -0.05) is 12.1 Å².